The van der Waals surface area contributed by atoms with E-state index in [0.29, 0.717) is 30.1 Å². The first kappa shape index (κ1) is 17.4. The summed E-state index contributed by atoms with van der Waals surface area (Å²) >= 11 is 0. The van der Waals surface area contributed by atoms with Crippen LogP contribution in [0.15, 0.2) is 24.3 Å². The molecule has 1 aromatic carbocycles. The van der Waals surface area contributed by atoms with Gasteiger partial charge in [0.2, 0.25) is 5.91 Å². The zero-order valence-electron chi connectivity index (χ0n) is 14.3. The predicted molar refractivity (Wildman–Crippen MR) is 92.8 cm³/mol. The Morgan fingerprint density at radius 2 is 2.09 bits per heavy atom. The third kappa shape index (κ3) is 5.02. The molecule has 1 aromatic rings. The number of methoxy groups -OCH3 is 1. The average Bonchev–Trinajstić information content (AvgIpc) is 2.56. The number of hydrogen-bond acceptors (Lipinski definition) is 3. The Labute approximate surface area is 138 Å². The standard InChI is InChI=1S/C19H27NO3/c1-4-23-17-11-9-15(13-18(17)22-3)10-12-19(21)20-16-8-6-5-7-14(16)2/h9-14,16H,4-8H2,1-3H3,(H,20,21)/b12-10+. The minimum Gasteiger partial charge on any atom is -0.493 e. The van der Waals surface area contributed by atoms with Crippen LogP contribution < -0.4 is 14.8 Å². The summed E-state index contributed by atoms with van der Waals surface area (Å²) in [4.78, 5) is 12.1. The molecule has 1 amide bonds. The second-order valence-corrected chi connectivity index (χ2v) is 6.05. The van der Waals surface area contributed by atoms with Crippen molar-refractivity contribution in [1.29, 1.82) is 0 Å². The van der Waals surface area contributed by atoms with E-state index in [0.717, 1.165) is 12.0 Å². The Hall–Kier alpha value is -1.97. The second kappa shape index (κ2) is 8.61. The number of nitrogens with one attached hydrogen (secondary N) is 1. The SMILES string of the molecule is CCOc1ccc(/C=C/C(=O)NC2CCCCC2C)cc1OC. The van der Waals surface area contributed by atoms with E-state index in [2.05, 4.69) is 12.2 Å². The smallest absolute Gasteiger partial charge is 0.244 e. The van der Waals surface area contributed by atoms with Gasteiger partial charge in [0.15, 0.2) is 11.5 Å². The summed E-state index contributed by atoms with van der Waals surface area (Å²) in [5, 5.41) is 3.12. The highest BCUT2D eigenvalue weighted by molar-refractivity contribution is 5.92. The number of ether oxygens (including phenoxy) is 2. The summed E-state index contributed by atoms with van der Waals surface area (Å²) in [6.07, 6.45) is 8.16. The Morgan fingerprint density at radius 3 is 2.78 bits per heavy atom. The molecule has 1 saturated carbocycles. The molecule has 23 heavy (non-hydrogen) atoms. The lowest BCUT2D eigenvalue weighted by Gasteiger charge is -2.29. The molecule has 1 N–H and O–H groups in total. The average molecular weight is 317 g/mol. The maximum absolute atomic E-state index is 12.1. The Bertz CT molecular complexity index is 554. The molecule has 0 saturated heterocycles. The molecule has 1 aliphatic carbocycles. The van der Waals surface area contributed by atoms with Gasteiger partial charge in [-0.25, -0.2) is 0 Å². The van der Waals surface area contributed by atoms with E-state index in [1.807, 2.05) is 25.1 Å². The van der Waals surface area contributed by atoms with E-state index < -0.39 is 0 Å². The summed E-state index contributed by atoms with van der Waals surface area (Å²) in [6.45, 7) is 4.74. The molecule has 0 aromatic heterocycles. The molecule has 2 atom stereocenters. The molecule has 0 aliphatic heterocycles. The maximum Gasteiger partial charge on any atom is 0.244 e. The summed E-state index contributed by atoms with van der Waals surface area (Å²) in [7, 11) is 1.61. The molecule has 1 aliphatic rings. The Kier molecular flexibility index (Phi) is 6.51. The van der Waals surface area contributed by atoms with Gasteiger partial charge in [0, 0.05) is 12.1 Å². The third-order valence-corrected chi connectivity index (χ3v) is 4.35. The van der Waals surface area contributed by atoms with E-state index in [1.54, 1.807) is 19.3 Å². The zero-order valence-corrected chi connectivity index (χ0v) is 14.3. The Balaban J connectivity index is 1.97. The van der Waals surface area contributed by atoms with Crippen LogP contribution in [0.1, 0.15) is 45.1 Å². The van der Waals surface area contributed by atoms with Crippen LogP contribution >= 0.6 is 0 Å². The highest BCUT2D eigenvalue weighted by Gasteiger charge is 2.21. The minimum absolute atomic E-state index is 0.0309. The topological polar surface area (TPSA) is 47.6 Å². The van der Waals surface area contributed by atoms with Crippen LogP contribution in [-0.4, -0.2) is 25.7 Å². The molecule has 0 radical (unpaired) electrons. The number of benzene rings is 1. The van der Waals surface area contributed by atoms with E-state index in [4.69, 9.17) is 9.47 Å². The van der Waals surface area contributed by atoms with Gasteiger partial charge in [0.25, 0.3) is 0 Å². The van der Waals surface area contributed by atoms with Gasteiger partial charge in [-0.05, 0) is 49.5 Å². The molecule has 0 bridgehead atoms. The lowest BCUT2D eigenvalue weighted by atomic mass is 9.86. The lowest BCUT2D eigenvalue weighted by Crippen LogP contribution is -2.40. The van der Waals surface area contributed by atoms with Gasteiger partial charge in [-0.15, -0.1) is 0 Å². The van der Waals surface area contributed by atoms with Gasteiger partial charge in [-0.3, -0.25) is 4.79 Å². The van der Waals surface area contributed by atoms with Crippen LogP contribution in [0.4, 0.5) is 0 Å². The van der Waals surface area contributed by atoms with Crippen LogP contribution in [0, 0.1) is 5.92 Å². The predicted octanol–water partition coefficient (Wildman–Crippen LogP) is 3.80. The van der Waals surface area contributed by atoms with E-state index in [9.17, 15) is 4.79 Å². The van der Waals surface area contributed by atoms with Gasteiger partial charge in [-0.1, -0.05) is 25.8 Å². The largest absolute Gasteiger partial charge is 0.493 e. The van der Waals surface area contributed by atoms with Crippen LogP contribution in [0.5, 0.6) is 11.5 Å². The van der Waals surface area contributed by atoms with Crippen molar-refractivity contribution in [3.05, 3.63) is 29.8 Å². The van der Waals surface area contributed by atoms with Crippen molar-refractivity contribution in [2.45, 2.75) is 45.6 Å². The molecule has 0 spiro atoms. The number of rotatable bonds is 6. The van der Waals surface area contributed by atoms with Crippen LogP contribution in [-0.2, 0) is 4.79 Å². The third-order valence-electron chi connectivity index (χ3n) is 4.35. The quantitative estimate of drug-likeness (QED) is 0.812. The first-order valence-corrected chi connectivity index (χ1v) is 8.43. The van der Waals surface area contributed by atoms with Crippen molar-refractivity contribution in [3.63, 3.8) is 0 Å². The van der Waals surface area contributed by atoms with Crippen molar-refractivity contribution in [2.24, 2.45) is 5.92 Å². The fraction of sp³-hybridized carbons (Fsp3) is 0.526. The van der Waals surface area contributed by atoms with Crippen molar-refractivity contribution in [1.82, 2.24) is 5.32 Å². The second-order valence-electron chi connectivity index (χ2n) is 6.05. The number of amides is 1. The maximum atomic E-state index is 12.1. The number of hydrogen-bond donors (Lipinski definition) is 1. The molecule has 4 heteroatoms. The van der Waals surface area contributed by atoms with Crippen LogP contribution in [0.3, 0.4) is 0 Å². The van der Waals surface area contributed by atoms with Gasteiger partial charge in [-0.2, -0.15) is 0 Å². The number of carbonyl (C=O) groups excluding carboxylic acids is 1. The fourth-order valence-corrected chi connectivity index (χ4v) is 3.00. The molecule has 1 fully saturated rings. The molecule has 0 heterocycles. The Morgan fingerprint density at radius 1 is 1.30 bits per heavy atom. The molecule has 2 unspecified atom stereocenters. The van der Waals surface area contributed by atoms with Gasteiger partial charge < -0.3 is 14.8 Å². The summed E-state index contributed by atoms with van der Waals surface area (Å²) < 4.78 is 10.8. The van der Waals surface area contributed by atoms with Gasteiger partial charge in [0.1, 0.15) is 0 Å². The van der Waals surface area contributed by atoms with Gasteiger partial charge >= 0.3 is 0 Å². The molecule has 4 nitrogen and oxygen atoms in total. The fourth-order valence-electron chi connectivity index (χ4n) is 3.00. The number of carbonyl (C=O) groups is 1. The highest BCUT2D eigenvalue weighted by Crippen LogP contribution is 2.28. The lowest BCUT2D eigenvalue weighted by molar-refractivity contribution is -0.117. The monoisotopic (exact) mass is 317 g/mol. The van der Waals surface area contributed by atoms with Crippen molar-refractivity contribution in [2.75, 3.05) is 13.7 Å². The zero-order chi connectivity index (χ0) is 16.7. The molecular weight excluding hydrogens is 290 g/mol. The van der Waals surface area contributed by atoms with Crippen molar-refractivity contribution in [3.8, 4) is 11.5 Å². The van der Waals surface area contributed by atoms with Crippen LogP contribution in [0.25, 0.3) is 6.08 Å². The first-order chi connectivity index (χ1) is 11.1. The first-order valence-electron chi connectivity index (χ1n) is 8.43. The van der Waals surface area contributed by atoms with E-state index in [1.165, 1.54) is 19.3 Å². The molecule has 126 valence electrons. The molecule has 2 rings (SSSR count). The molecular formula is C19H27NO3. The van der Waals surface area contributed by atoms with Crippen molar-refractivity contribution >= 4 is 12.0 Å². The van der Waals surface area contributed by atoms with E-state index >= 15 is 0 Å². The normalized spacial score (nSPS) is 21.2. The van der Waals surface area contributed by atoms with Gasteiger partial charge in [0.05, 0.1) is 13.7 Å². The minimum atomic E-state index is -0.0309. The van der Waals surface area contributed by atoms with Crippen LogP contribution in [0.2, 0.25) is 0 Å². The van der Waals surface area contributed by atoms with Crippen molar-refractivity contribution < 1.29 is 14.3 Å². The highest BCUT2D eigenvalue weighted by atomic mass is 16.5. The van der Waals surface area contributed by atoms with E-state index in [-0.39, 0.29) is 5.91 Å². The summed E-state index contributed by atoms with van der Waals surface area (Å²) in [6, 6.07) is 5.96. The summed E-state index contributed by atoms with van der Waals surface area (Å²) in [5.41, 5.74) is 0.914. The summed E-state index contributed by atoms with van der Waals surface area (Å²) in [5.74, 6) is 1.92.